The van der Waals surface area contributed by atoms with Crippen molar-refractivity contribution in [1.82, 2.24) is 4.90 Å². The summed E-state index contributed by atoms with van der Waals surface area (Å²) >= 11 is 0. The Bertz CT molecular complexity index is 383. The molecule has 2 saturated carbocycles. The molecule has 3 aliphatic rings. The summed E-state index contributed by atoms with van der Waals surface area (Å²) in [5.41, 5.74) is 0. The van der Waals surface area contributed by atoms with Gasteiger partial charge in [-0.15, -0.1) is 0 Å². The largest absolute Gasteiger partial charge is 0.481 e. The van der Waals surface area contributed by atoms with Crippen molar-refractivity contribution in [2.24, 2.45) is 23.7 Å². The molecule has 1 N–H and O–H groups in total. The van der Waals surface area contributed by atoms with Crippen LogP contribution in [0.15, 0.2) is 0 Å². The lowest BCUT2D eigenvalue weighted by atomic mass is 9.92. The summed E-state index contributed by atoms with van der Waals surface area (Å²) < 4.78 is 0. The number of carboxylic acid groups (broad SMARTS) is 1. The van der Waals surface area contributed by atoms with Crippen LogP contribution in [0.5, 0.6) is 0 Å². The third-order valence-corrected chi connectivity index (χ3v) is 5.43. The van der Waals surface area contributed by atoms with Gasteiger partial charge in [0.15, 0.2) is 0 Å². The van der Waals surface area contributed by atoms with Crippen LogP contribution in [0.25, 0.3) is 0 Å². The monoisotopic (exact) mass is 279 g/mol. The van der Waals surface area contributed by atoms with Gasteiger partial charge in [-0.1, -0.05) is 25.7 Å². The molecule has 1 heterocycles. The van der Waals surface area contributed by atoms with Gasteiger partial charge in [-0.2, -0.15) is 0 Å². The van der Waals surface area contributed by atoms with Crippen LogP contribution in [0.1, 0.15) is 51.4 Å². The SMILES string of the molecule is O=C(O)[C@H]1CN(C(=O)C2CCCCCC2)C[C@@H]1C1CC1. The number of nitrogens with zero attached hydrogens (tertiary/aromatic N) is 1. The van der Waals surface area contributed by atoms with Crippen molar-refractivity contribution in [2.45, 2.75) is 51.4 Å². The standard InChI is InChI=1S/C16H25NO3/c18-15(12-5-3-1-2-4-6-12)17-9-13(11-7-8-11)14(10-17)16(19)20/h11-14H,1-10H2,(H,19,20)/t13-,14+/m1/s1. The van der Waals surface area contributed by atoms with Gasteiger partial charge in [-0.05, 0) is 37.5 Å². The smallest absolute Gasteiger partial charge is 0.308 e. The highest BCUT2D eigenvalue weighted by molar-refractivity contribution is 5.81. The van der Waals surface area contributed by atoms with Crippen LogP contribution >= 0.6 is 0 Å². The second-order valence-corrected chi connectivity index (χ2v) is 6.88. The molecule has 3 rings (SSSR count). The Balaban J connectivity index is 1.64. The fourth-order valence-electron chi connectivity index (χ4n) is 4.06. The fourth-order valence-corrected chi connectivity index (χ4v) is 4.06. The van der Waals surface area contributed by atoms with E-state index in [0.29, 0.717) is 19.0 Å². The minimum Gasteiger partial charge on any atom is -0.481 e. The van der Waals surface area contributed by atoms with Gasteiger partial charge >= 0.3 is 5.97 Å². The first kappa shape index (κ1) is 13.9. The van der Waals surface area contributed by atoms with Gasteiger partial charge in [0, 0.05) is 19.0 Å². The number of carbonyl (C=O) groups is 2. The molecular weight excluding hydrogens is 254 g/mol. The normalized spacial score (nSPS) is 32.1. The van der Waals surface area contributed by atoms with Gasteiger partial charge in [0.05, 0.1) is 5.92 Å². The average Bonchev–Trinajstić information content (AvgIpc) is 3.22. The molecule has 1 amide bonds. The maximum absolute atomic E-state index is 12.6. The Kier molecular flexibility index (Phi) is 3.99. The number of amides is 1. The van der Waals surface area contributed by atoms with E-state index in [4.69, 9.17) is 0 Å². The molecule has 0 aromatic rings. The van der Waals surface area contributed by atoms with Gasteiger partial charge in [-0.25, -0.2) is 0 Å². The quantitative estimate of drug-likeness (QED) is 0.808. The highest BCUT2D eigenvalue weighted by Crippen LogP contribution is 2.44. The summed E-state index contributed by atoms with van der Waals surface area (Å²) in [7, 11) is 0. The zero-order valence-corrected chi connectivity index (χ0v) is 12.1. The number of carbonyl (C=O) groups excluding carboxylic acids is 1. The number of hydrogen-bond acceptors (Lipinski definition) is 2. The topological polar surface area (TPSA) is 57.6 Å². The lowest BCUT2D eigenvalue weighted by Gasteiger charge is -2.22. The lowest BCUT2D eigenvalue weighted by molar-refractivity contribution is -0.143. The predicted molar refractivity (Wildman–Crippen MR) is 75.1 cm³/mol. The molecule has 3 fully saturated rings. The second kappa shape index (κ2) is 5.74. The summed E-state index contributed by atoms with van der Waals surface area (Å²) in [6, 6.07) is 0. The van der Waals surface area contributed by atoms with E-state index in [1.807, 2.05) is 4.90 Å². The molecule has 2 atom stereocenters. The minimum absolute atomic E-state index is 0.157. The van der Waals surface area contributed by atoms with Gasteiger partial charge in [0.1, 0.15) is 0 Å². The molecule has 0 aromatic carbocycles. The molecule has 0 radical (unpaired) electrons. The van der Waals surface area contributed by atoms with Crippen LogP contribution < -0.4 is 0 Å². The van der Waals surface area contributed by atoms with Gasteiger partial charge in [-0.3, -0.25) is 9.59 Å². The molecule has 4 nitrogen and oxygen atoms in total. The summed E-state index contributed by atoms with van der Waals surface area (Å²) in [6.07, 6.45) is 9.10. The third kappa shape index (κ3) is 2.84. The third-order valence-electron chi connectivity index (χ3n) is 5.43. The number of aliphatic carboxylic acids is 1. The molecule has 1 aliphatic heterocycles. The lowest BCUT2D eigenvalue weighted by Crippen LogP contribution is -2.35. The Morgan fingerprint density at radius 2 is 1.55 bits per heavy atom. The first-order valence-electron chi connectivity index (χ1n) is 8.18. The van der Waals surface area contributed by atoms with Crippen LogP contribution in [-0.2, 0) is 9.59 Å². The van der Waals surface area contributed by atoms with Crippen LogP contribution in [0.3, 0.4) is 0 Å². The molecule has 112 valence electrons. The van der Waals surface area contributed by atoms with Crippen molar-refractivity contribution < 1.29 is 14.7 Å². The van der Waals surface area contributed by atoms with Crippen LogP contribution in [-0.4, -0.2) is 35.0 Å². The summed E-state index contributed by atoms with van der Waals surface area (Å²) in [4.78, 5) is 25.9. The van der Waals surface area contributed by atoms with Crippen molar-refractivity contribution in [3.8, 4) is 0 Å². The number of rotatable bonds is 3. The fraction of sp³-hybridized carbons (Fsp3) is 0.875. The molecule has 0 bridgehead atoms. The van der Waals surface area contributed by atoms with E-state index in [9.17, 15) is 14.7 Å². The molecule has 4 heteroatoms. The Morgan fingerprint density at radius 3 is 2.10 bits per heavy atom. The molecule has 20 heavy (non-hydrogen) atoms. The zero-order chi connectivity index (χ0) is 14.1. The minimum atomic E-state index is -0.710. The second-order valence-electron chi connectivity index (χ2n) is 6.88. The highest BCUT2D eigenvalue weighted by atomic mass is 16.4. The maximum Gasteiger partial charge on any atom is 0.308 e. The van der Waals surface area contributed by atoms with Crippen molar-refractivity contribution >= 4 is 11.9 Å². The predicted octanol–water partition coefficient (Wildman–Crippen LogP) is 2.53. The summed E-state index contributed by atoms with van der Waals surface area (Å²) in [5.74, 6) is 0.131. The van der Waals surface area contributed by atoms with E-state index in [0.717, 1.165) is 38.5 Å². The van der Waals surface area contributed by atoms with Crippen LogP contribution in [0.4, 0.5) is 0 Å². The van der Waals surface area contributed by atoms with Gasteiger partial charge in [0.2, 0.25) is 5.91 Å². The Labute approximate surface area is 120 Å². The zero-order valence-electron chi connectivity index (χ0n) is 12.1. The molecule has 2 aliphatic carbocycles. The van der Waals surface area contributed by atoms with E-state index >= 15 is 0 Å². The van der Waals surface area contributed by atoms with Crippen molar-refractivity contribution in [3.63, 3.8) is 0 Å². The summed E-state index contributed by atoms with van der Waals surface area (Å²) in [5, 5.41) is 9.38. The number of hydrogen-bond donors (Lipinski definition) is 1. The molecule has 1 saturated heterocycles. The van der Waals surface area contributed by atoms with Gasteiger partial charge in [0.25, 0.3) is 0 Å². The van der Waals surface area contributed by atoms with Crippen molar-refractivity contribution in [2.75, 3.05) is 13.1 Å². The average molecular weight is 279 g/mol. The molecule has 0 aromatic heterocycles. The van der Waals surface area contributed by atoms with E-state index in [2.05, 4.69) is 0 Å². The Morgan fingerprint density at radius 1 is 0.900 bits per heavy atom. The van der Waals surface area contributed by atoms with Gasteiger partial charge < -0.3 is 10.0 Å². The highest BCUT2D eigenvalue weighted by Gasteiger charge is 2.47. The van der Waals surface area contributed by atoms with Crippen molar-refractivity contribution in [1.29, 1.82) is 0 Å². The van der Waals surface area contributed by atoms with Crippen LogP contribution in [0, 0.1) is 23.7 Å². The maximum atomic E-state index is 12.6. The van der Waals surface area contributed by atoms with E-state index < -0.39 is 5.97 Å². The Hall–Kier alpha value is -1.06. The molecule has 0 spiro atoms. The first-order valence-corrected chi connectivity index (χ1v) is 8.18. The van der Waals surface area contributed by atoms with E-state index in [1.165, 1.54) is 12.8 Å². The van der Waals surface area contributed by atoms with Crippen molar-refractivity contribution in [3.05, 3.63) is 0 Å². The molecular formula is C16H25NO3. The number of likely N-dealkylation sites (tertiary alicyclic amines) is 1. The first-order chi connectivity index (χ1) is 9.66. The van der Waals surface area contributed by atoms with E-state index in [1.54, 1.807) is 0 Å². The number of carboxylic acids is 1. The molecule has 0 unspecified atom stereocenters. The van der Waals surface area contributed by atoms with E-state index in [-0.39, 0.29) is 23.7 Å². The van der Waals surface area contributed by atoms with Crippen LogP contribution in [0.2, 0.25) is 0 Å². The summed E-state index contributed by atoms with van der Waals surface area (Å²) in [6.45, 7) is 1.14.